The minimum Gasteiger partial charge on any atom is -0.354 e. The molecule has 0 aliphatic carbocycles. The van der Waals surface area contributed by atoms with E-state index < -0.39 is 0 Å². The topological polar surface area (TPSA) is 60.4 Å². The van der Waals surface area contributed by atoms with Crippen LogP contribution >= 0.6 is 0 Å². The molecule has 0 amide bonds. The van der Waals surface area contributed by atoms with Crippen molar-refractivity contribution in [3.05, 3.63) is 0 Å². The summed E-state index contributed by atoms with van der Waals surface area (Å²) in [6, 6.07) is 0.556. The number of anilines is 3. The lowest BCUT2D eigenvalue weighted by atomic mass is 10.1. The van der Waals surface area contributed by atoms with Crippen LogP contribution in [-0.2, 0) is 0 Å². The van der Waals surface area contributed by atoms with Gasteiger partial charge in [-0.1, -0.05) is 0 Å². The molecule has 0 radical (unpaired) electrons. The van der Waals surface area contributed by atoms with Gasteiger partial charge in [-0.3, -0.25) is 0 Å². The molecular formula is C14H27N7. The molecule has 1 atom stereocenters. The van der Waals surface area contributed by atoms with Crippen molar-refractivity contribution in [1.82, 2.24) is 19.9 Å². The van der Waals surface area contributed by atoms with E-state index in [0.29, 0.717) is 17.9 Å². The third-order valence-electron chi connectivity index (χ3n) is 3.76. The zero-order chi connectivity index (χ0) is 15.4. The fourth-order valence-electron chi connectivity index (χ4n) is 2.49. The van der Waals surface area contributed by atoms with Gasteiger partial charge in [0.25, 0.3) is 0 Å². The van der Waals surface area contributed by atoms with E-state index in [-0.39, 0.29) is 0 Å². The first kappa shape index (κ1) is 15.8. The number of piperidine rings is 1. The van der Waals surface area contributed by atoms with Gasteiger partial charge < -0.3 is 20.0 Å². The molecule has 118 valence electrons. The Morgan fingerprint density at radius 2 is 1.95 bits per heavy atom. The van der Waals surface area contributed by atoms with Crippen LogP contribution in [0.2, 0.25) is 0 Å². The second-order valence-electron chi connectivity index (χ2n) is 5.89. The summed E-state index contributed by atoms with van der Waals surface area (Å²) in [5.74, 6) is 2.12. The highest BCUT2D eigenvalue weighted by molar-refractivity contribution is 5.44. The molecule has 2 rings (SSSR count). The van der Waals surface area contributed by atoms with Gasteiger partial charge in [0, 0.05) is 39.8 Å². The quantitative estimate of drug-likeness (QED) is 0.865. The molecule has 1 unspecified atom stereocenters. The SMILES string of the molecule is CCNc1nc(N(C)C)nc(N2CCCC(N(C)C)C2)n1. The van der Waals surface area contributed by atoms with Crippen LogP contribution in [0.25, 0.3) is 0 Å². The molecular weight excluding hydrogens is 266 g/mol. The van der Waals surface area contributed by atoms with E-state index >= 15 is 0 Å². The van der Waals surface area contributed by atoms with Crippen LogP contribution in [0.5, 0.6) is 0 Å². The summed E-state index contributed by atoms with van der Waals surface area (Å²) < 4.78 is 0. The Kier molecular flexibility index (Phi) is 5.17. The van der Waals surface area contributed by atoms with Crippen molar-refractivity contribution in [2.45, 2.75) is 25.8 Å². The number of hydrogen-bond acceptors (Lipinski definition) is 7. The van der Waals surface area contributed by atoms with Gasteiger partial charge in [-0.05, 0) is 33.9 Å². The minimum absolute atomic E-state index is 0.556. The van der Waals surface area contributed by atoms with Gasteiger partial charge in [-0.2, -0.15) is 15.0 Å². The number of aromatic nitrogens is 3. The van der Waals surface area contributed by atoms with Crippen molar-refractivity contribution in [2.24, 2.45) is 0 Å². The Hall–Kier alpha value is -1.63. The van der Waals surface area contributed by atoms with Crippen LogP contribution < -0.4 is 15.1 Å². The second kappa shape index (κ2) is 6.89. The van der Waals surface area contributed by atoms with Crippen molar-refractivity contribution in [2.75, 3.05) is 62.9 Å². The number of hydrogen-bond donors (Lipinski definition) is 1. The van der Waals surface area contributed by atoms with Crippen molar-refractivity contribution >= 4 is 17.8 Å². The van der Waals surface area contributed by atoms with Crippen LogP contribution in [0.1, 0.15) is 19.8 Å². The lowest BCUT2D eigenvalue weighted by molar-refractivity contribution is 0.257. The fourth-order valence-corrected chi connectivity index (χ4v) is 2.49. The number of rotatable bonds is 5. The monoisotopic (exact) mass is 293 g/mol. The summed E-state index contributed by atoms with van der Waals surface area (Å²) in [7, 11) is 8.18. The fraction of sp³-hybridized carbons (Fsp3) is 0.786. The summed E-state index contributed by atoms with van der Waals surface area (Å²) in [6.45, 7) is 4.82. The Bertz CT molecular complexity index is 461. The minimum atomic E-state index is 0.556. The van der Waals surface area contributed by atoms with Gasteiger partial charge in [0.2, 0.25) is 17.8 Å². The van der Waals surface area contributed by atoms with E-state index in [4.69, 9.17) is 0 Å². The molecule has 21 heavy (non-hydrogen) atoms. The molecule has 0 spiro atoms. The maximum atomic E-state index is 4.60. The zero-order valence-electron chi connectivity index (χ0n) is 13.8. The van der Waals surface area contributed by atoms with Crippen molar-refractivity contribution in [3.8, 4) is 0 Å². The summed E-state index contributed by atoms with van der Waals surface area (Å²) in [4.78, 5) is 20.1. The van der Waals surface area contributed by atoms with Crippen LogP contribution in [0.4, 0.5) is 17.8 Å². The van der Waals surface area contributed by atoms with E-state index in [2.05, 4.69) is 44.2 Å². The molecule has 1 aromatic heterocycles. The van der Waals surface area contributed by atoms with E-state index in [0.717, 1.165) is 25.6 Å². The molecule has 1 aliphatic rings. The predicted octanol–water partition coefficient (Wildman–Crippen LogP) is 0.900. The highest BCUT2D eigenvalue weighted by Crippen LogP contribution is 2.21. The summed E-state index contributed by atoms with van der Waals surface area (Å²) in [5.41, 5.74) is 0. The molecule has 0 aromatic carbocycles. The summed E-state index contributed by atoms with van der Waals surface area (Å²) in [5, 5.41) is 3.19. The zero-order valence-corrected chi connectivity index (χ0v) is 13.8. The van der Waals surface area contributed by atoms with Crippen molar-refractivity contribution in [3.63, 3.8) is 0 Å². The number of nitrogens with one attached hydrogen (secondary N) is 1. The average molecular weight is 293 g/mol. The maximum absolute atomic E-state index is 4.60. The molecule has 1 N–H and O–H groups in total. The maximum Gasteiger partial charge on any atom is 0.232 e. The van der Waals surface area contributed by atoms with Crippen LogP contribution in [0, 0.1) is 0 Å². The van der Waals surface area contributed by atoms with Gasteiger partial charge in [-0.15, -0.1) is 0 Å². The Morgan fingerprint density at radius 3 is 2.57 bits per heavy atom. The van der Waals surface area contributed by atoms with Gasteiger partial charge in [0.15, 0.2) is 0 Å². The van der Waals surface area contributed by atoms with E-state index in [1.54, 1.807) is 0 Å². The van der Waals surface area contributed by atoms with Crippen molar-refractivity contribution < 1.29 is 0 Å². The third kappa shape index (κ3) is 3.93. The third-order valence-corrected chi connectivity index (χ3v) is 3.76. The largest absolute Gasteiger partial charge is 0.354 e. The van der Waals surface area contributed by atoms with Gasteiger partial charge in [0.1, 0.15) is 0 Å². The van der Waals surface area contributed by atoms with E-state index in [9.17, 15) is 0 Å². The molecule has 7 nitrogen and oxygen atoms in total. The first-order valence-electron chi connectivity index (χ1n) is 7.60. The van der Waals surface area contributed by atoms with Gasteiger partial charge in [-0.25, -0.2) is 0 Å². The predicted molar refractivity (Wildman–Crippen MR) is 87.2 cm³/mol. The number of likely N-dealkylation sites (N-methyl/N-ethyl adjacent to an activating group) is 1. The first-order valence-corrected chi connectivity index (χ1v) is 7.60. The Balaban J connectivity index is 2.24. The Labute approximate surface area is 127 Å². The van der Waals surface area contributed by atoms with Crippen LogP contribution in [-0.4, -0.2) is 73.7 Å². The second-order valence-corrected chi connectivity index (χ2v) is 5.89. The smallest absolute Gasteiger partial charge is 0.232 e. The van der Waals surface area contributed by atoms with E-state index in [1.165, 1.54) is 12.8 Å². The van der Waals surface area contributed by atoms with Crippen molar-refractivity contribution in [1.29, 1.82) is 0 Å². The lowest BCUT2D eigenvalue weighted by Crippen LogP contribution is -2.46. The van der Waals surface area contributed by atoms with Crippen LogP contribution in [0.3, 0.4) is 0 Å². The molecule has 0 bridgehead atoms. The first-order chi connectivity index (χ1) is 10.0. The number of nitrogens with zero attached hydrogens (tertiary/aromatic N) is 6. The highest BCUT2D eigenvalue weighted by Gasteiger charge is 2.24. The lowest BCUT2D eigenvalue weighted by Gasteiger charge is -2.36. The summed E-state index contributed by atoms with van der Waals surface area (Å²) >= 11 is 0. The normalized spacial score (nSPS) is 19.0. The van der Waals surface area contributed by atoms with Crippen LogP contribution in [0.15, 0.2) is 0 Å². The highest BCUT2D eigenvalue weighted by atomic mass is 15.4. The molecule has 0 saturated carbocycles. The molecule has 2 heterocycles. The molecule has 1 fully saturated rings. The average Bonchev–Trinajstić information content (AvgIpc) is 2.47. The molecule has 1 aliphatic heterocycles. The summed E-state index contributed by atoms with van der Waals surface area (Å²) in [6.07, 6.45) is 2.40. The molecule has 1 aromatic rings. The van der Waals surface area contributed by atoms with Gasteiger partial charge >= 0.3 is 0 Å². The van der Waals surface area contributed by atoms with E-state index in [1.807, 2.05) is 25.9 Å². The van der Waals surface area contributed by atoms with Gasteiger partial charge in [0.05, 0.1) is 0 Å². The molecule has 1 saturated heterocycles. The standard InChI is InChI=1S/C14H27N7/c1-6-15-12-16-13(20(4)5)18-14(17-12)21-9-7-8-11(10-21)19(2)3/h11H,6-10H2,1-5H3,(H,15,16,17,18). The molecule has 7 heteroatoms. The Morgan fingerprint density at radius 1 is 1.19 bits per heavy atom.